The SMILES string of the molecule is N#Cc1cnc(NCc2ccc(C(F)(F)F)cc2)cn1. The summed E-state index contributed by atoms with van der Waals surface area (Å²) in [7, 11) is 0. The predicted octanol–water partition coefficient (Wildman–Crippen LogP) is 2.98. The first-order chi connectivity index (χ1) is 9.49. The van der Waals surface area contributed by atoms with Gasteiger partial charge in [-0.2, -0.15) is 18.4 Å². The zero-order valence-corrected chi connectivity index (χ0v) is 10.1. The number of nitrogens with one attached hydrogen (secondary N) is 1. The van der Waals surface area contributed by atoms with Crippen LogP contribution in [0.3, 0.4) is 0 Å². The molecule has 0 bridgehead atoms. The molecule has 0 atom stereocenters. The van der Waals surface area contributed by atoms with Crippen molar-refractivity contribution in [3.05, 3.63) is 53.5 Å². The molecule has 0 aliphatic heterocycles. The van der Waals surface area contributed by atoms with Crippen LogP contribution in [0.1, 0.15) is 16.8 Å². The molecule has 0 radical (unpaired) electrons. The van der Waals surface area contributed by atoms with Crippen molar-refractivity contribution in [2.45, 2.75) is 12.7 Å². The Balaban J connectivity index is 1.98. The van der Waals surface area contributed by atoms with Crippen molar-refractivity contribution in [2.24, 2.45) is 0 Å². The van der Waals surface area contributed by atoms with Crippen LogP contribution >= 0.6 is 0 Å². The molecule has 2 rings (SSSR count). The van der Waals surface area contributed by atoms with E-state index in [-0.39, 0.29) is 5.69 Å². The Hall–Kier alpha value is -2.62. The second kappa shape index (κ2) is 5.57. The van der Waals surface area contributed by atoms with Gasteiger partial charge >= 0.3 is 6.18 Å². The van der Waals surface area contributed by atoms with Crippen LogP contribution in [-0.2, 0) is 12.7 Å². The van der Waals surface area contributed by atoms with Crippen LogP contribution in [0.2, 0.25) is 0 Å². The Bertz CT molecular complexity index is 612. The first kappa shape index (κ1) is 13.8. The average molecular weight is 278 g/mol. The molecule has 2 aromatic rings. The number of nitrogens with zero attached hydrogens (tertiary/aromatic N) is 3. The highest BCUT2D eigenvalue weighted by molar-refractivity contribution is 5.35. The van der Waals surface area contributed by atoms with E-state index in [1.54, 1.807) is 0 Å². The van der Waals surface area contributed by atoms with Gasteiger partial charge in [-0.1, -0.05) is 12.1 Å². The van der Waals surface area contributed by atoms with Crippen molar-refractivity contribution < 1.29 is 13.2 Å². The summed E-state index contributed by atoms with van der Waals surface area (Å²) >= 11 is 0. The Kier molecular flexibility index (Phi) is 3.84. The maximum atomic E-state index is 12.4. The molecule has 0 fully saturated rings. The van der Waals surface area contributed by atoms with Gasteiger partial charge in [0, 0.05) is 6.54 Å². The summed E-state index contributed by atoms with van der Waals surface area (Å²) < 4.78 is 37.1. The number of rotatable bonds is 3. The smallest absolute Gasteiger partial charge is 0.365 e. The third-order valence-electron chi connectivity index (χ3n) is 2.52. The van der Waals surface area contributed by atoms with Gasteiger partial charge in [0.1, 0.15) is 11.9 Å². The van der Waals surface area contributed by atoms with Crippen LogP contribution in [-0.4, -0.2) is 9.97 Å². The third kappa shape index (κ3) is 3.45. The number of aromatic nitrogens is 2. The van der Waals surface area contributed by atoms with E-state index in [0.29, 0.717) is 17.9 Å². The Morgan fingerprint density at radius 2 is 1.80 bits per heavy atom. The van der Waals surface area contributed by atoms with Gasteiger partial charge in [-0.15, -0.1) is 0 Å². The number of benzene rings is 1. The van der Waals surface area contributed by atoms with E-state index in [4.69, 9.17) is 5.26 Å². The molecule has 0 saturated carbocycles. The lowest BCUT2D eigenvalue weighted by molar-refractivity contribution is -0.137. The highest BCUT2D eigenvalue weighted by atomic mass is 19.4. The minimum absolute atomic E-state index is 0.199. The van der Waals surface area contributed by atoms with Crippen molar-refractivity contribution in [3.8, 4) is 6.07 Å². The molecular weight excluding hydrogens is 269 g/mol. The number of hydrogen-bond donors (Lipinski definition) is 1. The first-order valence-electron chi connectivity index (χ1n) is 5.61. The maximum absolute atomic E-state index is 12.4. The van der Waals surface area contributed by atoms with Crippen LogP contribution in [0.25, 0.3) is 0 Å². The Morgan fingerprint density at radius 3 is 2.30 bits per heavy atom. The zero-order chi connectivity index (χ0) is 14.6. The van der Waals surface area contributed by atoms with Crippen molar-refractivity contribution in [1.82, 2.24) is 9.97 Å². The van der Waals surface area contributed by atoms with Crippen LogP contribution in [0.4, 0.5) is 19.0 Å². The van der Waals surface area contributed by atoms with Crippen molar-refractivity contribution in [2.75, 3.05) is 5.32 Å². The van der Waals surface area contributed by atoms with E-state index in [2.05, 4.69) is 15.3 Å². The van der Waals surface area contributed by atoms with Gasteiger partial charge in [-0.3, -0.25) is 0 Å². The number of halogens is 3. The number of nitriles is 1. The first-order valence-corrected chi connectivity index (χ1v) is 5.61. The minimum Gasteiger partial charge on any atom is -0.365 e. The maximum Gasteiger partial charge on any atom is 0.416 e. The Morgan fingerprint density at radius 1 is 1.10 bits per heavy atom. The lowest BCUT2D eigenvalue weighted by Gasteiger charge is -2.08. The standard InChI is InChI=1S/C13H9F3N4/c14-13(15,16)10-3-1-9(2-4-10)6-19-12-8-18-11(5-17)7-20-12/h1-4,7-8H,6H2,(H,19,20). The van der Waals surface area contributed by atoms with Crippen LogP contribution in [0.5, 0.6) is 0 Å². The van der Waals surface area contributed by atoms with E-state index >= 15 is 0 Å². The molecule has 0 aliphatic carbocycles. The summed E-state index contributed by atoms with van der Waals surface area (Å²) in [6.07, 6.45) is -1.62. The number of anilines is 1. The molecule has 1 heterocycles. The van der Waals surface area contributed by atoms with Crippen LogP contribution in [0.15, 0.2) is 36.7 Å². The molecule has 0 spiro atoms. The van der Waals surface area contributed by atoms with Crippen molar-refractivity contribution in [3.63, 3.8) is 0 Å². The molecule has 102 valence electrons. The van der Waals surface area contributed by atoms with Gasteiger partial charge < -0.3 is 5.32 Å². The number of alkyl halides is 3. The van der Waals surface area contributed by atoms with Crippen molar-refractivity contribution in [1.29, 1.82) is 5.26 Å². The summed E-state index contributed by atoms with van der Waals surface area (Å²) in [5.41, 5.74) is 0.202. The van der Waals surface area contributed by atoms with E-state index in [1.807, 2.05) is 6.07 Å². The van der Waals surface area contributed by atoms with E-state index < -0.39 is 11.7 Å². The van der Waals surface area contributed by atoms with Crippen LogP contribution < -0.4 is 5.32 Å². The van der Waals surface area contributed by atoms with Gasteiger partial charge in [0.05, 0.1) is 18.0 Å². The number of hydrogen-bond acceptors (Lipinski definition) is 4. The lowest BCUT2D eigenvalue weighted by atomic mass is 10.1. The fourth-order valence-electron chi connectivity index (χ4n) is 1.48. The Labute approximate surface area is 112 Å². The lowest BCUT2D eigenvalue weighted by Crippen LogP contribution is -2.06. The molecular formula is C13H9F3N4. The predicted molar refractivity (Wildman–Crippen MR) is 65.5 cm³/mol. The van der Waals surface area contributed by atoms with Gasteiger partial charge in [-0.05, 0) is 17.7 Å². The van der Waals surface area contributed by atoms with Crippen LogP contribution in [0, 0.1) is 11.3 Å². The normalized spacial score (nSPS) is 10.9. The van der Waals surface area contributed by atoms with Crippen molar-refractivity contribution >= 4 is 5.82 Å². The zero-order valence-electron chi connectivity index (χ0n) is 10.1. The van der Waals surface area contributed by atoms with Gasteiger partial charge in [0.15, 0.2) is 5.69 Å². The summed E-state index contributed by atoms with van der Waals surface area (Å²) in [5.74, 6) is 0.448. The second-order valence-electron chi connectivity index (χ2n) is 3.95. The van der Waals surface area contributed by atoms with E-state index in [1.165, 1.54) is 24.5 Å². The van der Waals surface area contributed by atoms with Gasteiger partial charge in [0.2, 0.25) is 0 Å². The summed E-state index contributed by atoms with van der Waals surface area (Å²) in [6, 6.07) is 6.69. The fourth-order valence-corrected chi connectivity index (χ4v) is 1.48. The molecule has 7 heteroatoms. The quantitative estimate of drug-likeness (QED) is 0.937. The average Bonchev–Trinajstić information content (AvgIpc) is 2.45. The molecule has 1 N–H and O–H groups in total. The summed E-state index contributed by atoms with van der Waals surface area (Å²) in [4.78, 5) is 7.77. The molecule has 0 aliphatic rings. The fraction of sp³-hybridized carbons (Fsp3) is 0.154. The second-order valence-corrected chi connectivity index (χ2v) is 3.95. The van der Waals surface area contributed by atoms with Gasteiger partial charge in [-0.25, -0.2) is 9.97 Å². The molecule has 1 aromatic heterocycles. The molecule has 0 amide bonds. The van der Waals surface area contributed by atoms with E-state index in [9.17, 15) is 13.2 Å². The molecule has 0 saturated heterocycles. The summed E-state index contributed by atoms with van der Waals surface area (Å²) in [6.45, 7) is 0.318. The molecule has 1 aromatic carbocycles. The monoisotopic (exact) mass is 278 g/mol. The molecule has 20 heavy (non-hydrogen) atoms. The van der Waals surface area contributed by atoms with E-state index in [0.717, 1.165) is 12.1 Å². The minimum atomic E-state index is -4.33. The largest absolute Gasteiger partial charge is 0.416 e. The topological polar surface area (TPSA) is 61.6 Å². The van der Waals surface area contributed by atoms with Gasteiger partial charge in [0.25, 0.3) is 0 Å². The highest BCUT2D eigenvalue weighted by Crippen LogP contribution is 2.29. The third-order valence-corrected chi connectivity index (χ3v) is 2.52. The molecule has 0 unspecified atom stereocenters. The highest BCUT2D eigenvalue weighted by Gasteiger charge is 2.29. The molecule has 4 nitrogen and oxygen atoms in total. The summed E-state index contributed by atoms with van der Waals surface area (Å²) in [5, 5.41) is 11.5.